The summed E-state index contributed by atoms with van der Waals surface area (Å²) < 4.78 is 11.4. The Labute approximate surface area is 151 Å². The van der Waals surface area contributed by atoms with Crippen LogP contribution in [0.2, 0.25) is 5.02 Å². The van der Waals surface area contributed by atoms with Gasteiger partial charge in [0.2, 0.25) is 5.91 Å². The first-order chi connectivity index (χ1) is 12.0. The summed E-state index contributed by atoms with van der Waals surface area (Å²) in [7, 11) is 0. The van der Waals surface area contributed by atoms with E-state index in [2.05, 4.69) is 0 Å². The summed E-state index contributed by atoms with van der Waals surface area (Å²) in [5, 5.41) is 0.659. The zero-order valence-electron chi connectivity index (χ0n) is 14.2. The van der Waals surface area contributed by atoms with E-state index >= 15 is 0 Å². The molecule has 2 saturated heterocycles. The molecule has 0 radical (unpaired) electrons. The van der Waals surface area contributed by atoms with Gasteiger partial charge in [-0.25, -0.2) is 0 Å². The van der Waals surface area contributed by atoms with E-state index in [4.69, 9.17) is 21.1 Å². The molecule has 5 nitrogen and oxygen atoms in total. The number of nitrogens with zero attached hydrogens (tertiary/aromatic N) is 1. The molecule has 0 unspecified atom stereocenters. The third-order valence-electron chi connectivity index (χ3n) is 5.27. The summed E-state index contributed by atoms with van der Waals surface area (Å²) in [6, 6.07) is 5.50. The highest BCUT2D eigenvalue weighted by Gasteiger charge is 2.67. The maximum absolute atomic E-state index is 13.1. The van der Waals surface area contributed by atoms with Gasteiger partial charge in [0.25, 0.3) is 0 Å². The topological polar surface area (TPSA) is 55.8 Å². The van der Waals surface area contributed by atoms with E-state index in [9.17, 15) is 9.59 Å². The molecule has 1 aromatic carbocycles. The summed E-state index contributed by atoms with van der Waals surface area (Å²) in [5.74, 6) is -1.53. The molecular weight excluding hydrogens is 342 g/mol. The Balaban J connectivity index is 1.65. The summed E-state index contributed by atoms with van der Waals surface area (Å²) in [5.41, 5.74) is 0.948. The lowest BCUT2D eigenvalue weighted by Crippen LogP contribution is -2.40. The molecule has 4 atom stereocenters. The van der Waals surface area contributed by atoms with Crippen LogP contribution < -0.4 is 4.90 Å². The summed E-state index contributed by atoms with van der Waals surface area (Å²) in [4.78, 5) is 27.3. The fraction of sp³-hybridized carbons (Fsp3) is 0.474. The normalized spacial score (nSPS) is 32.4. The van der Waals surface area contributed by atoms with Crippen molar-refractivity contribution in [2.45, 2.75) is 32.0 Å². The van der Waals surface area contributed by atoms with Gasteiger partial charge in [0.05, 0.1) is 25.2 Å². The Bertz CT molecular complexity index is 777. The zero-order chi connectivity index (χ0) is 17.8. The first kappa shape index (κ1) is 16.6. The number of fused-ring (bicyclic) bond motifs is 1. The number of esters is 1. The summed E-state index contributed by atoms with van der Waals surface area (Å²) in [6.07, 6.45) is 4.21. The number of carbonyl (C=O) groups excluding carboxylic acids is 2. The minimum Gasteiger partial charge on any atom is -0.465 e. The SMILES string of the molecule is CCCOC(=O)[C@H]1[C@H]2C=C[C@@]3(CN(c4ccc(Cl)c(C)c4)C(=O)[C@@H]13)O2. The maximum atomic E-state index is 13.1. The average Bonchev–Trinajstić information content (AvgIpc) is 3.23. The van der Waals surface area contributed by atoms with Gasteiger partial charge in [-0.2, -0.15) is 0 Å². The fourth-order valence-corrected chi connectivity index (χ4v) is 4.20. The smallest absolute Gasteiger partial charge is 0.312 e. The van der Waals surface area contributed by atoms with Crippen molar-refractivity contribution < 1.29 is 19.1 Å². The van der Waals surface area contributed by atoms with E-state index < -0.39 is 17.4 Å². The molecule has 3 aliphatic heterocycles. The molecule has 0 aliphatic carbocycles. The van der Waals surface area contributed by atoms with Gasteiger partial charge < -0.3 is 14.4 Å². The van der Waals surface area contributed by atoms with Crippen molar-refractivity contribution in [1.82, 2.24) is 0 Å². The van der Waals surface area contributed by atoms with E-state index in [-0.39, 0.29) is 18.0 Å². The molecule has 1 amide bonds. The number of ether oxygens (including phenoxy) is 2. The van der Waals surface area contributed by atoms with Crippen LogP contribution in [0, 0.1) is 18.8 Å². The van der Waals surface area contributed by atoms with Gasteiger partial charge in [-0.05, 0) is 37.1 Å². The highest BCUT2D eigenvalue weighted by atomic mass is 35.5. The number of hydrogen-bond acceptors (Lipinski definition) is 4. The number of hydrogen-bond donors (Lipinski definition) is 0. The fourth-order valence-electron chi connectivity index (χ4n) is 4.08. The van der Waals surface area contributed by atoms with E-state index in [0.29, 0.717) is 18.2 Å². The Morgan fingerprint density at radius 2 is 2.28 bits per heavy atom. The predicted molar refractivity (Wildman–Crippen MR) is 93.5 cm³/mol. The quantitative estimate of drug-likeness (QED) is 0.611. The minimum absolute atomic E-state index is 0.0907. The number of anilines is 1. The number of aryl methyl sites for hydroxylation is 1. The number of rotatable bonds is 4. The molecule has 0 N–H and O–H groups in total. The minimum atomic E-state index is -0.731. The van der Waals surface area contributed by atoms with Crippen molar-refractivity contribution >= 4 is 29.2 Å². The van der Waals surface area contributed by atoms with Crippen molar-refractivity contribution in [2.24, 2.45) is 11.8 Å². The Hall–Kier alpha value is -1.85. The van der Waals surface area contributed by atoms with E-state index in [1.807, 2.05) is 38.1 Å². The highest BCUT2D eigenvalue weighted by molar-refractivity contribution is 6.31. The lowest BCUT2D eigenvalue weighted by Gasteiger charge is -2.22. The van der Waals surface area contributed by atoms with Gasteiger partial charge in [0.1, 0.15) is 11.5 Å². The second-order valence-corrected chi connectivity index (χ2v) is 7.33. The monoisotopic (exact) mass is 361 g/mol. The van der Waals surface area contributed by atoms with Gasteiger partial charge in [-0.15, -0.1) is 0 Å². The van der Waals surface area contributed by atoms with Crippen LogP contribution in [0.1, 0.15) is 18.9 Å². The molecule has 0 saturated carbocycles. The van der Waals surface area contributed by atoms with Crippen molar-refractivity contribution in [2.75, 3.05) is 18.1 Å². The lowest BCUT2D eigenvalue weighted by molar-refractivity contribution is -0.152. The number of amides is 1. The van der Waals surface area contributed by atoms with Crippen LogP contribution in [0.25, 0.3) is 0 Å². The van der Waals surface area contributed by atoms with E-state index in [1.165, 1.54) is 0 Å². The summed E-state index contributed by atoms with van der Waals surface area (Å²) >= 11 is 6.09. The largest absolute Gasteiger partial charge is 0.465 e. The van der Waals surface area contributed by atoms with Gasteiger partial charge >= 0.3 is 5.97 Å². The first-order valence-electron chi connectivity index (χ1n) is 8.58. The molecule has 3 heterocycles. The molecule has 0 aromatic heterocycles. The number of benzene rings is 1. The van der Waals surface area contributed by atoms with Crippen LogP contribution in [0.3, 0.4) is 0 Å². The van der Waals surface area contributed by atoms with Gasteiger partial charge in [0, 0.05) is 10.7 Å². The van der Waals surface area contributed by atoms with Crippen molar-refractivity contribution in [3.63, 3.8) is 0 Å². The Morgan fingerprint density at radius 1 is 1.48 bits per heavy atom. The van der Waals surface area contributed by atoms with Crippen LogP contribution in [0.15, 0.2) is 30.4 Å². The Kier molecular flexibility index (Phi) is 3.89. The van der Waals surface area contributed by atoms with Crippen LogP contribution >= 0.6 is 11.6 Å². The molecule has 1 spiro atoms. The van der Waals surface area contributed by atoms with Crippen LogP contribution in [0.4, 0.5) is 5.69 Å². The maximum Gasteiger partial charge on any atom is 0.312 e. The molecule has 1 aromatic rings. The molecule has 3 aliphatic rings. The molecule has 2 bridgehead atoms. The molecule has 6 heteroatoms. The van der Waals surface area contributed by atoms with Crippen molar-refractivity contribution in [1.29, 1.82) is 0 Å². The van der Waals surface area contributed by atoms with E-state index in [1.54, 1.807) is 11.0 Å². The first-order valence-corrected chi connectivity index (χ1v) is 8.96. The van der Waals surface area contributed by atoms with Crippen molar-refractivity contribution in [3.8, 4) is 0 Å². The van der Waals surface area contributed by atoms with Gasteiger partial charge in [-0.1, -0.05) is 30.7 Å². The molecule has 2 fully saturated rings. The summed E-state index contributed by atoms with van der Waals surface area (Å²) in [6.45, 7) is 4.61. The number of halogens is 1. The standard InChI is InChI=1S/C19H20ClNO4/c1-3-8-24-18(23)15-14-6-7-19(25-14)10-21(17(22)16(15)19)12-4-5-13(20)11(2)9-12/h4-7,9,14-16H,3,8,10H2,1-2H3/t14-,15+,16-,19+/m1/s1. The zero-order valence-corrected chi connectivity index (χ0v) is 15.0. The lowest BCUT2D eigenvalue weighted by atomic mass is 9.77. The number of carbonyl (C=O) groups is 2. The third kappa shape index (κ3) is 2.41. The highest BCUT2D eigenvalue weighted by Crippen LogP contribution is 2.53. The Morgan fingerprint density at radius 3 is 3.00 bits per heavy atom. The van der Waals surface area contributed by atoms with E-state index in [0.717, 1.165) is 17.7 Å². The molecular formula is C19H20ClNO4. The van der Waals surface area contributed by atoms with Gasteiger partial charge in [0.15, 0.2) is 0 Å². The second kappa shape index (κ2) is 5.85. The van der Waals surface area contributed by atoms with Crippen LogP contribution in [-0.4, -0.2) is 36.7 Å². The average molecular weight is 362 g/mol. The third-order valence-corrected chi connectivity index (χ3v) is 5.70. The predicted octanol–water partition coefficient (Wildman–Crippen LogP) is 2.89. The molecule has 132 valence electrons. The van der Waals surface area contributed by atoms with Crippen LogP contribution in [-0.2, 0) is 19.1 Å². The van der Waals surface area contributed by atoms with Crippen molar-refractivity contribution in [3.05, 3.63) is 40.9 Å². The van der Waals surface area contributed by atoms with Gasteiger partial charge in [-0.3, -0.25) is 9.59 Å². The van der Waals surface area contributed by atoms with Crippen LogP contribution in [0.5, 0.6) is 0 Å². The molecule has 4 rings (SSSR count). The molecule has 25 heavy (non-hydrogen) atoms. The second-order valence-electron chi connectivity index (χ2n) is 6.93.